The number of nitrogens with one attached hydrogen (secondary N) is 1. The van der Waals surface area contributed by atoms with E-state index in [-0.39, 0.29) is 10.7 Å². The summed E-state index contributed by atoms with van der Waals surface area (Å²) in [5, 5.41) is 5.98. The zero-order valence-electron chi connectivity index (χ0n) is 8.92. The van der Waals surface area contributed by atoms with Crippen LogP contribution in [0.3, 0.4) is 0 Å². The van der Waals surface area contributed by atoms with Gasteiger partial charge in [0.2, 0.25) is 5.91 Å². The monoisotopic (exact) mass is 290 g/mol. The normalized spacial score (nSPS) is 12.5. The van der Waals surface area contributed by atoms with Crippen LogP contribution in [0.1, 0.15) is 24.0 Å². The van der Waals surface area contributed by atoms with Gasteiger partial charge in [-0.25, -0.2) is 4.98 Å². The van der Waals surface area contributed by atoms with E-state index in [0.29, 0.717) is 6.54 Å². The topological polar surface area (TPSA) is 42.0 Å². The number of halogens is 1. The Morgan fingerprint density at radius 2 is 2.47 bits per heavy atom. The Balaban J connectivity index is 2.24. The summed E-state index contributed by atoms with van der Waals surface area (Å²) in [7, 11) is 0. The number of rotatable bonds is 5. The van der Waals surface area contributed by atoms with E-state index in [9.17, 15) is 4.79 Å². The van der Waals surface area contributed by atoms with E-state index in [0.717, 1.165) is 23.5 Å². The molecule has 1 atom stereocenters. The van der Waals surface area contributed by atoms with Crippen molar-refractivity contribution in [3.8, 4) is 0 Å². The largest absolute Gasteiger partial charge is 0.355 e. The Labute approximate surface area is 102 Å². The van der Waals surface area contributed by atoms with Gasteiger partial charge >= 0.3 is 0 Å². The molecule has 1 aromatic rings. The third kappa shape index (κ3) is 4.30. The first-order valence-corrected chi connectivity index (χ1v) is 6.75. The molecule has 0 aromatic carbocycles. The molecule has 0 saturated heterocycles. The van der Waals surface area contributed by atoms with Crippen LogP contribution in [0, 0.1) is 6.92 Å². The van der Waals surface area contributed by atoms with E-state index in [1.807, 2.05) is 19.2 Å². The second-order valence-electron chi connectivity index (χ2n) is 3.30. The summed E-state index contributed by atoms with van der Waals surface area (Å²) in [5.41, 5.74) is 1.05. The molecule has 0 saturated carbocycles. The molecule has 0 spiro atoms. The minimum Gasteiger partial charge on any atom is -0.355 e. The Bertz CT molecular complexity index is 327. The number of thiazole rings is 1. The van der Waals surface area contributed by atoms with Gasteiger partial charge in [0, 0.05) is 24.0 Å². The molecule has 0 aliphatic heterocycles. The quantitative estimate of drug-likeness (QED) is 0.846. The van der Waals surface area contributed by atoms with E-state index < -0.39 is 0 Å². The van der Waals surface area contributed by atoms with Gasteiger partial charge in [0.05, 0.1) is 9.83 Å². The number of alkyl halides is 1. The highest BCUT2D eigenvalue weighted by molar-refractivity contribution is 9.10. The molecular formula is C10H15BrN2OS. The highest BCUT2D eigenvalue weighted by Crippen LogP contribution is 2.09. The molecule has 3 nitrogen and oxygen atoms in total. The average molecular weight is 291 g/mol. The zero-order chi connectivity index (χ0) is 11.3. The van der Waals surface area contributed by atoms with Gasteiger partial charge < -0.3 is 5.32 Å². The summed E-state index contributed by atoms with van der Waals surface area (Å²) in [6.07, 6.45) is 1.62. The smallest absolute Gasteiger partial charge is 0.233 e. The van der Waals surface area contributed by atoms with Gasteiger partial charge in [-0.05, 0) is 13.3 Å². The fourth-order valence-corrected chi connectivity index (χ4v) is 2.04. The molecule has 1 amide bonds. The van der Waals surface area contributed by atoms with Crippen molar-refractivity contribution in [1.82, 2.24) is 10.3 Å². The van der Waals surface area contributed by atoms with Crippen LogP contribution in [0.2, 0.25) is 0 Å². The third-order valence-corrected chi connectivity index (χ3v) is 4.04. The minimum atomic E-state index is -0.0736. The van der Waals surface area contributed by atoms with E-state index in [1.54, 1.807) is 11.3 Å². The van der Waals surface area contributed by atoms with E-state index >= 15 is 0 Å². The van der Waals surface area contributed by atoms with E-state index in [2.05, 4.69) is 26.2 Å². The van der Waals surface area contributed by atoms with Crippen molar-refractivity contribution >= 4 is 33.2 Å². The number of aryl methyl sites for hydroxylation is 1. The van der Waals surface area contributed by atoms with Gasteiger partial charge in [0.25, 0.3) is 0 Å². The van der Waals surface area contributed by atoms with Crippen LogP contribution in [0.15, 0.2) is 5.38 Å². The molecule has 0 aliphatic carbocycles. The lowest BCUT2D eigenvalue weighted by Crippen LogP contribution is -2.32. The molecule has 1 rings (SSSR count). The van der Waals surface area contributed by atoms with Crippen molar-refractivity contribution in [3.05, 3.63) is 16.1 Å². The standard InChI is InChI=1S/C10H15BrN2OS/c1-3-8(11)10(14)12-5-4-9-13-7(2)6-15-9/h6,8H,3-5H2,1-2H3,(H,12,14). The number of amides is 1. The molecule has 84 valence electrons. The maximum absolute atomic E-state index is 11.4. The van der Waals surface area contributed by atoms with Crippen LogP contribution in [0.4, 0.5) is 0 Å². The van der Waals surface area contributed by atoms with E-state index in [4.69, 9.17) is 0 Å². The third-order valence-electron chi connectivity index (χ3n) is 1.95. The van der Waals surface area contributed by atoms with Crippen molar-refractivity contribution in [2.45, 2.75) is 31.5 Å². The second-order valence-corrected chi connectivity index (χ2v) is 5.35. The van der Waals surface area contributed by atoms with Gasteiger partial charge in [-0.1, -0.05) is 22.9 Å². The Morgan fingerprint density at radius 1 is 1.73 bits per heavy atom. The van der Waals surface area contributed by atoms with Crippen molar-refractivity contribution in [2.24, 2.45) is 0 Å². The number of nitrogens with zero attached hydrogens (tertiary/aromatic N) is 1. The number of aromatic nitrogens is 1. The van der Waals surface area contributed by atoms with Crippen LogP contribution in [0.25, 0.3) is 0 Å². The lowest BCUT2D eigenvalue weighted by Gasteiger charge is -2.07. The average Bonchev–Trinajstić information content (AvgIpc) is 2.63. The van der Waals surface area contributed by atoms with Crippen molar-refractivity contribution in [3.63, 3.8) is 0 Å². The highest BCUT2D eigenvalue weighted by atomic mass is 79.9. The predicted octanol–water partition coefficient (Wildman–Crippen LogP) is 2.28. The fourth-order valence-electron chi connectivity index (χ4n) is 1.11. The summed E-state index contributed by atoms with van der Waals surface area (Å²) in [5.74, 6) is 0.0609. The minimum absolute atomic E-state index is 0.0609. The van der Waals surface area contributed by atoms with Crippen molar-refractivity contribution < 1.29 is 4.79 Å². The van der Waals surface area contributed by atoms with Crippen LogP contribution in [-0.2, 0) is 11.2 Å². The summed E-state index contributed by atoms with van der Waals surface area (Å²) in [6.45, 7) is 4.61. The fraction of sp³-hybridized carbons (Fsp3) is 0.600. The molecule has 1 heterocycles. The van der Waals surface area contributed by atoms with Crippen LogP contribution >= 0.6 is 27.3 Å². The van der Waals surface area contributed by atoms with Gasteiger partial charge in [-0.3, -0.25) is 4.79 Å². The maximum Gasteiger partial charge on any atom is 0.233 e. The molecule has 1 aromatic heterocycles. The van der Waals surface area contributed by atoms with Crippen LogP contribution < -0.4 is 5.32 Å². The molecule has 0 bridgehead atoms. The van der Waals surface area contributed by atoms with Crippen LogP contribution in [-0.4, -0.2) is 22.3 Å². The van der Waals surface area contributed by atoms with Crippen molar-refractivity contribution in [1.29, 1.82) is 0 Å². The van der Waals surface area contributed by atoms with Gasteiger partial charge in [0.15, 0.2) is 0 Å². The summed E-state index contributed by atoms with van der Waals surface area (Å²) < 4.78 is 0. The molecule has 1 N–H and O–H groups in total. The Morgan fingerprint density at radius 3 is 3.00 bits per heavy atom. The highest BCUT2D eigenvalue weighted by Gasteiger charge is 2.11. The predicted molar refractivity (Wildman–Crippen MR) is 66.6 cm³/mol. The molecule has 0 fully saturated rings. The molecule has 5 heteroatoms. The van der Waals surface area contributed by atoms with Gasteiger partial charge in [0.1, 0.15) is 0 Å². The second kappa shape index (κ2) is 6.23. The molecule has 15 heavy (non-hydrogen) atoms. The summed E-state index contributed by atoms with van der Waals surface area (Å²) >= 11 is 4.95. The van der Waals surface area contributed by atoms with Crippen LogP contribution in [0.5, 0.6) is 0 Å². The first-order valence-electron chi connectivity index (χ1n) is 4.96. The number of carbonyl (C=O) groups excluding carboxylic acids is 1. The molecular weight excluding hydrogens is 276 g/mol. The molecule has 0 aliphatic rings. The maximum atomic E-state index is 11.4. The van der Waals surface area contributed by atoms with Gasteiger partial charge in [-0.15, -0.1) is 11.3 Å². The van der Waals surface area contributed by atoms with Gasteiger partial charge in [-0.2, -0.15) is 0 Å². The molecule has 0 radical (unpaired) electrons. The Kier molecular flexibility index (Phi) is 5.25. The van der Waals surface area contributed by atoms with E-state index in [1.165, 1.54) is 0 Å². The summed E-state index contributed by atoms with van der Waals surface area (Å²) in [6, 6.07) is 0. The summed E-state index contributed by atoms with van der Waals surface area (Å²) in [4.78, 5) is 15.6. The van der Waals surface area contributed by atoms with Crippen molar-refractivity contribution in [2.75, 3.05) is 6.54 Å². The number of hydrogen-bond acceptors (Lipinski definition) is 3. The Hall–Kier alpha value is -0.420. The number of hydrogen-bond donors (Lipinski definition) is 1. The number of carbonyl (C=O) groups is 1. The zero-order valence-corrected chi connectivity index (χ0v) is 11.3. The lowest BCUT2D eigenvalue weighted by atomic mass is 10.3. The first-order chi connectivity index (χ1) is 7.13. The first kappa shape index (κ1) is 12.6. The SMILES string of the molecule is CCC(Br)C(=O)NCCc1nc(C)cs1. The molecule has 1 unspecified atom stereocenters. The lowest BCUT2D eigenvalue weighted by molar-refractivity contribution is -0.120.